The van der Waals surface area contributed by atoms with Gasteiger partial charge in [0, 0.05) is 6.54 Å². The van der Waals surface area contributed by atoms with Crippen LogP contribution in [-0.4, -0.2) is 39.5 Å². The van der Waals surface area contributed by atoms with E-state index in [1.54, 1.807) is 7.11 Å². The number of benzene rings is 1. The van der Waals surface area contributed by atoms with Gasteiger partial charge in [0.15, 0.2) is 0 Å². The average molecular weight is 259 g/mol. The molecule has 1 aromatic carbocycles. The fraction of sp³-hybridized carbons (Fsp3) is 0.455. The van der Waals surface area contributed by atoms with Gasteiger partial charge in [-0.1, -0.05) is 12.1 Å². The highest BCUT2D eigenvalue weighted by molar-refractivity contribution is 7.89. The van der Waals surface area contributed by atoms with Gasteiger partial charge in [0.25, 0.3) is 0 Å². The summed E-state index contributed by atoms with van der Waals surface area (Å²) in [4.78, 5) is 0. The molecule has 0 aliphatic carbocycles. The van der Waals surface area contributed by atoms with Crippen molar-refractivity contribution in [2.24, 2.45) is 0 Å². The van der Waals surface area contributed by atoms with E-state index in [1.165, 1.54) is 0 Å². The Balaban J connectivity index is 2.40. The van der Waals surface area contributed by atoms with Crippen molar-refractivity contribution in [3.8, 4) is 5.75 Å². The number of ether oxygens (including phenoxy) is 1. The maximum atomic E-state index is 11.2. The molecule has 0 amide bonds. The summed E-state index contributed by atoms with van der Waals surface area (Å²) in [7, 11) is -1.74. The number of hydrogen-bond acceptors (Lipinski definition) is 4. The molecule has 0 aliphatic heterocycles. The highest BCUT2D eigenvalue weighted by Gasteiger charge is 2.07. The number of hydrogen-bond donors (Lipinski definition) is 2. The summed E-state index contributed by atoms with van der Waals surface area (Å²) in [5, 5.41) is 8.54. The summed E-state index contributed by atoms with van der Waals surface area (Å²) in [5.74, 6) is 0.518. The Labute approximate surface area is 101 Å². The number of aliphatic hydroxyl groups is 1. The van der Waals surface area contributed by atoms with Crippen LogP contribution in [0.15, 0.2) is 24.3 Å². The van der Waals surface area contributed by atoms with E-state index in [0.717, 1.165) is 11.3 Å². The Bertz CT molecular complexity index is 427. The molecule has 0 saturated heterocycles. The highest BCUT2D eigenvalue weighted by Crippen LogP contribution is 2.11. The predicted octanol–water partition coefficient (Wildman–Crippen LogP) is 0.149. The minimum absolute atomic E-state index is 0.254. The smallest absolute Gasteiger partial charge is 0.213 e. The molecule has 0 spiro atoms. The summed E-state index contributed by atoms with van der Waals surface area (Å²) in [6.45, 7) is -0.0352. The van der Waals surface area contributed by atoms with Crippen LogP contribution in [0.5, 0.6) is 5.75 Å². The minimum atomic E-state index is -3.34. The fourth-order valence-corrected chi connectivity index (χ4v) is 2.13. The molecule has 17 heavy (non-hydrogen) atoms. The molecule has 1 aromatic rings. The number of aliphatic hydroxyl groups excluding tert-OH is 1. The number of sulfonamides is 1. The molecular weight excluding hydrogens is 242 g/mol. The Morgan fingerprint density at radius 2 is 1.94 bits per heavy atom. The van der Waals surface area contributed by atoms with E-state index >= 15 is 0 Å². The minimum Gasteiger partial charge on any atom is -0.497 e. The van der Waals surface area contributed by atoms with Crippen LogP contribution in [0.3, 0.4) is 0 Å². The largest absolute Gasteiger partial charge is 0.497 e. The van der Waals surface area contributed by atoms with Crippen molar-refractivity contribution >= 4 is 10.0 Å². The standard InChI is InChI=1S/C11H17NO4S/c1-16-11-4-2-10(3-5-11)6-7-12-17(14,15)9-8-13/h2-5,12-13H,6-9H2,1H3. The van der Waals surface area contributed by atoms with Crippen LogP contribution in [0, 0.1) is 0 Å². The molecule has 0 saturated carbocycles. The first-order valence-corrected chi connectivity index (χ1v) is 6.94. The lowest BCUT2D eigenvalue weighted by atomic mass is 10.1. The van der Waals surface area contributed by atoms with Crippen molar-refractivity contribution in [3.63, 3.8) is 0 Å². The summed E-state index contributed by atoms with van der Waals surface area (Å²) in [6, 6.07) is 7.44. The molecule has 2 N–H and O–H groups in total. The Morgan fingerprint density at radius 3 is 2.47 bits per heavy atom. The molecule has 6 heteroatoms. The molecule has 5 nitrogen and oxygen atoms in total. The predicted molar refractivity (Wildman–Crippen MR) is 65.6 cm³/mol. The normalized spacial score (nSPS) is 11.4. The SMILES string of the molecule is COc1ccc(CCNS(=O)(=O)CCO)cc1. The zero-order valence-corrected chi connectivity index (χ0v) is 10.5. The van der Waals surface area contributed by atoms with Crippen LogP contribution in [-0.2, 0) is 16.4 Å². The van der Waals surface area contributed by atoms with Crippen LogP contribution < -0.4 is 9.46 Å². The number of rotatable bonds is 7. The highest BCUT2D eigenvalue weighted by atomic mass is 32.2. The van der Waals surface area contributed by atoms with Gasteiger partial charge in [-0.15, -0.1) is 0 Å². The molecule has 0 aromatic heterocycles. The number of methoxy groups -OCH3 is 1. The van der Waals surface area contributed by atoms with Crippen LogP contribution in [0.1, 0.15) is 5.56 Å². The Morgan fingerprint density at radius 1 is 1.29 bits per heavy atom. The first-order chi connectivity index (χ1) is 8.07. The maximum absolute atomic E-state index is 11.2. The molecule has 0 radical (unpaired) electrons. The molecular formula is C11H17NO4S. The number of nitrogens with one attached hydrogen (secondary N) is 1. The van der Waals surface area contributed by atoms with E-state index in [0.29, 0.717) is 13.0 Å². The van der Waals surface area contributed by atoms with E-state index in [2.05, 4.69) is 4.72 Å². The third-order valence-corrected chi connectivity index (χ3v) is 3.62. The van der Waals surface area contributed by atoms with Crippen LogP contribution in [0.4, 0.5) is 0 Å². The van der Waals surface area contributed by atoms with Crippen molar-refractivity contribution in [1.29, 1.82) is 0 Å². The van der Waals surface area contributed by atoms with Crippen molar-refractivity contribution in [3.05, 3.63) is 29.8 Å². The van der Waals surface area contributed by atoms with Gasteiger partial charge in [-0.05, 0) is 24.1 Å². The van der Waals surface area contributed by atoms with Gasteiger partial charge in [0.2, 0.25) is 10.0 Å². The molecule has 0 bridgehead atoms. The van der Waals surface area contributed by atoms with Gasteiger partial charge in [0.1, 0.15) is 5.75 Å². The third-order valence-electron chi connectivity index (χ3n) is 2.25. The first kappa shape index (κ1) is 14.0. The Kier molecular flexibility index (Phi) is 5.40. The third kappa shape index (κ3) is 5.16. The van der Waals surface area contributed by atoms with E-state index in [-0.39, 0.29) is 12.4 Å². The van der Waals surface area contributed by atoms with E-state index in [9.17, 15) is 8.42 Å². The molecule has 0 atom stereocenters. The second-order valence-electron chi connectivity index (χ2n) is 3.53. The fourth-order valence-electron chi connectivity index (χ4n) is 1.34. The molecule has 0 unspecified atom stereocenters. The van der Waals surface area contributed by atoms with Crippen molar-refractivity contribution < 1.29 is 18.3 Å². The Hall–Kier alpha value is -1.11. The molecule has 96 valence electrons. The topological polar surface area (TPSA) is 75.6 Å². The lowest BCUT2D eigenvalue weighted by molar-refractivity contribution is 0.319. The molecule has 0 fully saturated rings. The second-order valence-corrected chi connectivity index (χ2v) is 5.46. The van der Waals surface area contributed by atoms with Gasteiger partial charge in [0.05, 0.1) is 19.5 Å². The zero-order chi connectivity index (χ0) is 12.7. The van der Waals surface area contributed by atoms with Crippen molar-refractivity contribution in [1.82, 2.24) is 4.72 Å². The summed E-state index contributed by atoms with van der Waals surface area (Å²) < 4.78 is 29.9. The monoisotopic (exact) mass is 259 g/mol. The van der Waals surface area contributed by atoms with Gasteiger partial charge >= 0.3 is 0 Å². The van der Waals surface area contributed by atoms with Gasteiger partial charge in [-0.3, -0.25) is 0 Å². The second kappa shape index (κ2) is 6.58. The quantitative estimate of drug-likeness (QED) is 0.731. The zero-order valence-electron chi connectivity index (χ0n) is 9.72. The summed E-state index contributed by atoms with van der Waals surface area (Å²) in [6.07, 6.45) is 0.606. The van der Waals surface area contributed by atoms with Gasteiger partial charge < -0.3 is 9.84 Å². The lowest BCUT2D eigenvalue weighted by Crippen LogP contribution is -2.29. The van der Waals surface area contributed by atoms with Crippen LogP contribution >= 0.6 is 0 Å². The van der Waals surface area contributed by atoms with Gasteiger partial charge in [-0.2, -0.15) is 0 Å². The van der Waals surface area contributed by atoms with Gasteiger partial charge in [-0.25, -0.2) is 13.1 Å². The molecule has 0 aliphatic rings. The van der Waals surface area contributed by atoms with Crippen molar-refractivity contribution in [2.75, 3.05) is 26.0 Å². The van der Waals surface area contributed by atoms with Crippen LogP contribution in [0.25, 0.3) is 0 Å². The van der Waals surface area contributed by atoms with Crippen molar-refractivity contribution in [2.45, 2.75) is 6.42 Å². The summed E-state index contributed by atoms with van der Waals surface area (Å²) >= 11 is 0. The average Bonchev–Trinajstić information content (AvgIpc) is 2.29. The summed E-state index contributed by atoms with van der Waals surface area (Å²) in [5.41, 5.74) is 1.03. The van der Waals surface area contributed by atoms with E-state index < -0.39 is 10.0 Å². The molecule has 1 rings (SSSR count). The van der Waals surface area contributed by atoms with E-state index in [1.807, 2.05) is 24.3 Å². The lowest BCUT2D eigenvalue weighted by Gasteiger charge is -2.06. The maximum Gasteiger partial charge on any atom is 0.213 e. The van der Waals surface area contributed by atoms with Crippen LogP contribution in [0.2, 0.25) is 0 Å². The van der Waals surface area contributed by atoms with E-state index in [4.69, 9.17) is 9.84 Å². The first-order valence-electron chi connectivity index (χ1n) is 5.28. The molecule has 0 heterocycles.